The quantitative estimate of drug-likeness (QED) is 0.131. The average molecular weight is 515 g/mol. The first-order valence-electron chi connectivity index (χ1n) is 11.2. The van der Waals surface area contributed by atoms with E-state index in [0.717, 1.165) is 36.6 Å². The molecule has 0 spiro atoms. The van der Waals surface area contributed by atoms with Gasteiger partial charge in [0.25, 0.3) is 5.91 Å². The number of hydrazone groups is 1. The van der Waals surface area contributed by atoms with Crippen molar-refractivity contribution in [2.45, 2.75) is 10.9 Å². The van der Waals surface area contributed by atoms with Gasteiger partial charge in [-0.25, -0.2) is 15.2 Å². The molecule has 9 heteroatoms. The minimum atomic E-state index is -0.362. The Hall–Kier alpha value is -3.95. The molecule has 0 aliphatic carbocycles. The van der Waals surface area contributed by atoms with Crippen molar-refractivity contribution < 1.29 is 14.3 Å². The molecule has 0 radical (unpaired) electrons. The number of nitrogens with one attached hydrogen (secondary N) is 1. The lowest BCUT2D eigenvalue weighted by Crippen LogP contribution is -2.19. The van der Waals surface area contributed by atoms with E-state index in [1.54, 1.807) is 23.6 Å². The highest BCUT2D eigenvalue weighted by Gasteiger charge is 2.11. The summed E-state index contributed by atoms with van der Waals surface area (Å²) in [6.07, 6.45) is 3.64. The molecule has 0 atom stereocenters. The molecule has 5 aromatic rings. The Morgan fingerprint density at radius 3 is 2.81 bits per heavy atom. The smallest absolute Gasteiger partial charge is 0.337 e. The zero-order valence-electron chi connectivity index (χ0n) is 19.4. The number of fused-ring (bicyclic) bond motifs is 2. The fourth-order valence-corrected chi connectivity index (χ4v) is 5.73. The van der Waals surface area contributed by atoms with Crippen LogP contribution in [0, 0.1) is 0 Å². The Kier molecular flexibility index (Phi) is 7.11. The second-order valence-corrected chi connectivity index (χ2v) is 10.2. The van der Waals surface area contributed by atoms with E-state index >= 15 is 0 Å². The van der Waals surface area contributed by atoms with Gasteiger partial charge in [0, 0.05) is 29.2 Å². The van der Waals surface area contributed by atoms with Gasteiger partial charge in [0.05, 0.1) is 34.9 Å². The average Bonchev–Trinajstić information content (AvgIpc) is 3.48. The molecule has 0 saturated carbocycles. The van der Waals surface area contributed by atoms with E-state index in [1.165, 1.54) is 18.9 Å². The lowest BCUT2D eigenvalue weighted by atomic mass is 10.1. The largest absolute Gasteiger partial charge is 0.465 e. The third-order valence-electron chi connectivity index (χ3n) is 5.51. The van der Waals surface area contributed by atoms with Crippen molar-refractivity contribution in [1.82, 2.24) is 15.0 Å². The fraction of sp³-hybridized carbons (Fsp3) is 0.111. The van der Waals surface area contributed by atoms with E-state index in [4.69, 9.17) is 4.74 Å². The number of esters is 1. The maximum atomic E-state index is 12.3. The third-order valence-corrected chi connectivity index (χ3v) is 7.69. The fourth-order valence-electron chi connectivity index (χ4n) is 3.87. The van der Waals surface area contributed by atoms with E-state index in [9.17, 15) is 9.59 Å². The first-order valence-corrected chi connectivity index (χ1v) is 13.0. The van der Waals surface area contributed by atoms with Gasteiger partial charge >= 0.3 is 5.97 Å². The lowest BCUT2D eigenvalue weighted by Gasteiger charge is -2.07. The summed E-state index contributed by atoms with van der Waals surface area (Å²) in [5, 5.41) is 5.20. The molecule has 1 amide bonds. The molecule has 5 rings (SSSR count). The highest BCUT2D eigenvalue weighted by Crippen LogP contribution is 2.29. The molecule has 3 aromatic carbocycles. The van der Waals surface area contributed by atoms with Crippen molar-refractivity contribution in [2.24, 2.45) is 5.10 Å². The van der Waals surface area contributed by atoms with Gasteiger partial charge in [0.2, 0.25) is 0 Å². The van der Waals surface area contributed by atoms with Crippen LogP contribution in [0.1, 0.15) is 21.5 Å². The lowest BCUT2D eigenvalue weighted by molar-refractivity contribution is -0.118. The molecule has 0 bridgehead atoms. The predicted octanol–water partition coefficient (Wildman–Crippen LogP) is 5.33. The number of amides is 1. The molecule has 0 unspecified atom stereocenters. The van der Waals surface area contributed by atoms with Crippen molar-refractivity contribution in [2.75, 3.05) is 12.9 Å². The van der Waals surface area contributed by atoms with Crippen LogP contribution in [0.15, 0.2) is 88.4 Å². The van der Waals surface area contributed by atoms with E-state index in [2.05, 4.69) is 20.1 Å². The second kappa shape index (κ2) is 10.8. The van der Waals surface area contributed by atoms with Gasteiger partial charge in [0.15, 0.2) is 4.34 Å². The summed E-state index contributed by atoms with van der Waals surface area (Å²) in [5.41, 5.74) is 6.95. The van der Waals surface area contributed by atoms with Crippen molar-refractivity contribution in [1.29, 1.82) is 0 Å². The predicted molar refractivity (Wildman–Crippen MR) is 145 cm³/mol. The Bertz CT molecular complexity index is 1560. The number of nitrogens with zero attached hydrogens (tertiary/aromatic N) is 3. The Morgan fingerprint density at radius 2 is 1.94 bits per heavy atom. The molecule has 180 valence electrons. The number of aromatic nitrogens is 2. The summed E-state index contributed by atoms with van der Waals surface area (Å²) in [4.78, 5) is 28.8. The van der Waals surface area contributed by atoms with Crippen LogP contribution in [0.25, 0.3) is 21.1 Å². The van der Waals surface area contributed by atoms with Gasteiger partial charge in [-0.15, -0.1) is 11.3 Å². The van der Waals surface area contributed by atoms with Crippen LogP contribution in [0.2, 0.25) is 0 Å². The number of para-hydroxylation sites is 2. The molecule has 0 aliphatic heterocycles. The highest BCUT2D eigenvalue weighted by atomic mass is 32.2. The van der Waals surface area contributed by atoms with Crippen LogP contribution >= 0.6 is 23.1 Å². The summed E-state index contributed by atoms with van der Waals surface area (Å²) < 4.78 is 8.89. The van der Waals surface area contributed by atoms with Gasteiger partial charge in [-0.2, -0.15) is 5.10 Å². The van der Waals surface area contributed by atoms with E-state index in [0.29, 0.717) is 12.1 Å². The number of hydrogen-bond acceptors (Lipinski definition) is 7. The van der Waals surface area contributed by atoms with Crippen LogP contribution in [0.5, 0.6) is 0 Å². The summed E-state index contributed by atoms with van der Waals surface area (Å²) >= 11 is 2.97. The molecule has 0 saturated heterocycles. The summed E-state index contributed by atoms with van der Waals surface area (Å²) in [6, 6.07) is 23.3. The first-order chi connectivity index (χ1) is 17.6. The number of thioether (sulfide) groups is 1. The van der Waals surface area contributed by atoms with E-state index in [-0.39, 0.29) is 17.6 Å². The number of ether oxygens (including phenoxy) is 1. The van der Waals surface area contributed by atoms with E-state index in [1.807, 2.05) is 72.9 Å². The Balaban J connectivity index is 1.26. The van der Waals surface area contributed by atoms with Crippen molar-refractivity contribution in [3.05, 3.63) is 95.7 Å². The van der Waals surface area contributed by atoms with Gasteiger partial charge in [-0.05, 0) is 35.9 Å². The molecule has 2 heterocycles. The van der Waals surface area contributed by atoms with Gasteiger partial charge < -0.3 is 9.30 Å². The van der Waals surface area contributed by atoms with Crippen LogP contribution in [0.3, 0.4) is 0 Å². The Morgan fingerprint density at radius 1 is 1.11 bits per heavy atom. The second-order valence-electron chi connectivity index (χ2n) is 7.95. The molecule has 0 fully saturated rings. The number of carbonyl (C=O) groups is 2. The summed E-state index contributed by atoms with van der Waals surface area (Å²) in [5.74, 6) is -0.326. The summed E-state index contributed by atoms with van der Waals surface area (Å²) in [6.45, 7) is 0.574. The SMILES string of the molecule is COC(=O)c1cccc(Cn2cc(/C=N/NC(=O)CSc3nc4ccccc4s3)c3ccccc32)c1. The zero-order chi connectivity index (χ0) is 24.9. The van der Waals surface area contributed by atoms with Crippen molar-refractivity contribution in [3.8, 4) is 0 Å². The molecule has 1 N–H and O–H groups in total. The maximum Gasteiger partial charge on any atom is 0.337 e. The minimum absolute atomic E-state index is 0.195. The third kappa shape index (κ3) is 5.32. The molecular weight excluding hydrogens is 492 g/mol. The Labute approximate surface area is 215 Å². The maximum absolute atomic E-state index is 12.3. The van der Waals surface area contributed by atoms with Gasteiger partial charge in [0.1, 0.15) is 0 Å². The normalized spacial score (nSPS) is 11.4. The molecule has 7 nitrogen and oxygen atoms in total. The molecule has 36 heavy (non-hydrogen) atoms. The number of methoxy groups -OCH3 is 1. The molecule has 2 aromatic heterocycles. The number of carbonyl (C=O) groups excluding carboxylic acids is 2. The van der Waals surface area contributed by atoms with Crippen LogP contribution in [0.4, 0.5) is 0 Å². The number of rotatable bonds is 8. The minimum Gasteiger partial charge on any atom is -0.465 e. The standard InChI is InChI=1S/C27H22N4O3S2/c1-34-26(33)19-8-6-7-18(13-19)15-31-16-20(21-9-2-4-11-23(21)31)14-28-30-25(32)17-35-27-29-22-10-3-5-12-24(22)36-27/h2-14,16H,15,17H2,1H3,(H,30,32)/b28-14+. The monoisotopic (exact) mass is 514 g/mol. The first kappa shape index (κ1) is 23.8. The summed E-state index contributed by atoms with van der Waals surface area (Å²) in [7, 11) is 1.37. The van der Waals surface area contributed by atoms with Gasteiger partial charge in [-0.1, -0.05) is 54.2 Å². The van der Waals surface area contributed by atoms with Crippen LogP contribution < -0.4 is 5.43 Å². The highest BCUT2D eigenvalue weighted by molar-refractivity contribution is 8.01. The van der Waals surface area contributed by atoms with Crippen molar-refractivity contribution >= 4 is 62.3 Å². The van der Waals surface area contributed by atoms with Crippen LogP contribution in [-0.2, 0) is 16.1 Å². The van der Waals surface area contributed by atoms with Gasteiger partial charge in [-0.3, -0.25) is 4.79 Å². The van der Waals surface area contributed by atoms with E-state index < -0.39 is 0 Å². The number of hydrogen-bond donors (Lipinski definition) is 1. The number of benzene rings is 3. The van der Waals surface area contributed by atoms with Crippen molar-refractivity contribution in [3.63, 3.8) is 0 Å². The molecular formula is C27H22N4O3S2. The number of thiazole rings is 1. The molecule has 0 aliphatic rings. The van der Waals surface area contributed by atoms with Crippen LogP contribution in [-0.4, -0.2) is 40.5 Å². The topological polar surface area (TPSA) is 85.6 Å². The zero-order valence-corrected chi connectivity index (χ0v) is 21.0.